The molecular weight excluding hydrogens is 216 g/mol. The third-order valence-corrected chi connectivity index (χ3v) is 3.59. The van der Waals surface area contributed by atoms with Gasteiger partial charge in [-0.05, 0) is 38.7 Å². The smallest absolute Gasteiger partial charge is 0.164 e. The van der Waals surface area contributed by atoms with Gasteiger partial charge in [-0.3, -0.25) is 9.48 Å². The van der Waals surface area contributed by atoms with Crippen molar-refractivity contribution >= 4 is 5.78 Å². The van der Waals surface area contributed by atoms with Crippen LogP contribution in [0.4, 0.5) is 0 Å². The van der Waals surface area contributed by atoms with Gasteiger partial charge in [0.1, 0.15) is 5.60 Å². The van der Waals surface area contributed by atoms with E-state index < -0.39 is 5.60 Å². The zero-order chi connectivity index (χ0) is 12.3. The standard InChI is InChI=1S/C13H20N2O2/c1-13(8-3-4-10-17-13)12(16)6-5-11-7-9-14-15(11)2/h7,9H,3-6,8,10H2,1-2H3. The molecule has 0 amide bonds. The first-order chi connectivity index (χ1) is 8.12. The molecule has 1 aromatic heterocycles. The SMILES string of the molecule is Cn1nccc1CCC(=O)C1(C)CCCCO1. The summed E-state index contributed by atoms with van der Waals surface area (Å²) in [5.41, 5.74) is 0.550. The molecule has 17 heavy (non-hydrogen) atoms. The van der Waals surface area contributed by atoms with Gasteiger partial charge in [-0.2, -0.15) is 5.10 Å². The number of carbonyl (C=O) groups is 1. The molecule has 1 unspecified atom stereocenters. The van der Waals surface area contributed by atoms with Crippen LogP contribution in [0.5, 0.6) is 0 Å². The number of aromatic nitrogens is 2. The van der Waals surface area contributed by atoms with Crippen molar-refractivity contribution in [3.63, 3.8) is 0 Å². The fourth-order valence-electron chi connectivity index (χ4n) is 2.31. The lowest BCUT2D eigenvalue weighted by Gasteiger charge is -2.32. The molecule has 94 valence electrons. The van der Waals surface area contributed by atoms with E-state index in [1.165, 1.54) is 0 Å². The molecule has 2 heterocycles. The number of carbonyl (C=O) groups excluding carboxylic acids is 1. The molecule has 4 nitrogen and oxygen atoms in total. The van der Waals surface area contributed by atoms with Crippen LogP contribution in [0.15, 0.2) is 12.3 Å². The average molecular weight is 236 g/mol. The minimum Gasteiger partial charge on any atom is -0.368 e. The molecule has 1 atom stereocenters. The minimum absolute atomic E-state index is 0.221. The Morgan fingerprint density at radius 1 is 1.59 bits per heavy atom. The van der Waals surface area contributed by atoms with Crippen LogP contribution in [0.3, 0.4) is 0 Å². The predicted octanol–water partition coefficient (Wildman–Crippen LogP) is 1.88. The fraction of sp³-hybridized carbons (Fsp3) is 0.692. The molecule has 1 aliphatic heterocycles. The molecule has 0 aliphatic carbocycles. The van der Waals surface area contributed by atoms with Gasteiger partial charge in [0.05, 0.1) is 0 Å². The second kappa shape index (κ2) is 5.00. The lowest BCUT2D eigenvalue weighted by molar-refractivity contribution is -0.148. The summed E-state index contributed by atoms with van der Waals surface area (Å²) < 4.78 is 7.47. The van der Waals surface area contributed by atoms with E-state index in [2.05, 4.69) is 5.10 Å². The first-order valence-corrected chi connectivity index (χ1v) is 6.26. The van der Waals surface area contributed by atoms with Crippen molar-refractivity contribution in [2.45, 2.75) is 44.6 Å². The van der Waals surface area contributed by atoms with E-state index in [1.54, 1.807) is 6.20 Å². The maximum Gasteiger partial charge on any atom is 0.164 e. The number of rotatable bonds is 4. The van der Waals surface area contributed by atoms with Crippen molar-refractivity contribution in [1.82, 2.24) is 9.78 Å². The Hall–Kier alpha value is -1.16. The highest BCUT2D eigenvalue weighted by Gasteiger charge is 2.35. The Bertz CT molecular complexity index is 392. The number of Topliss-reactive ketones (excluding diaryl/α,β-unsaturated/α-hetero) is 1. The predicted molar refractivity (Wildman–Crippen MR) is 64.7 cm³/mol. The number of aryl methyl sites for hydroxylation is 2. The minimum atomic E-state index is -0.545. The van der Waals surface area contributed by atoms with Crippen LogP contribution >= 0.6 is 0 Å². The summed E-state index contributed by atoms with van der Waals surface area (Å²) in [6, 6.07) is 1.96. The van der Waals surface area contributed by atoms with E-state index in [-0.39, 0.29) is 5.78 Å². The van der Waals surface area contributed by atoms with Gasteiger partial charge in [-0.15, -0.1) is 0 Å². The maximum atomic E-state index is 12.2. The Morgan fingerprint density at radius 3 is 3.00 bits per heavy atom. The van der Waals surface area contributed by atoms with Crippen LogP contribution in [0, 0.1) is 0 Å². The number of nitrogens with zero attached hydrogens (tertiary/aromatic N) is 2. The van der Waals surface area contributed by atoms with E-state index in [0.29, 0.717) is 13.0 Å². The van der Waals surface area contributed by atoms with Gasteiger partial charge in [0.25, 0.3) is 0 Å². The molecule has 1 saturated heterocycles. The van der Waals surface area contributed by atoms with Crippen molar-refractivity contribution in [1.29, 1.82) is 0 Å². The van der Waals surface area contributed by atoms with Crippen LogP contribution < -0.4 is 0 Å². The highest BCUT2D eigenvalue weighted by molar-refractivity contribution is 5.87. The molecule has 2 rings (SSSR count). The lowest BCUT2D eigenvalue weighted by Crippen LogP contribution is -2.41. The lowest BCUT2D eigenvalue weighted by atomic mass is 9.89. The second-order valence-corrected chi connectivity index (χ2v) is 4.91. The average Bonchev–Trinajstić information content (AvgIpc) is 2.73. The molecule has 1 aliphatic rings. The fourth-order valence-corrected chi connectivity index (χ4v) is 2.31. The van der Waals surface area contributed by atoms with Crippen LogP contribution in [0.25, 0.3) is 0 Å². The van der Waals surface area contributed by atoms with Gasteiger partial charge in [0, 0.05) is 32.0 Å². The van der Waals surface area contributed by atoms with Crippen LogP contribution in [-0.2, 0) is 23.0 Å². The largest absolute Gasteiger partial charge is 0.368 e. The van der Waals surface area contributed by atoms with E-state index in [9.17, 15) is 4.79 Å². The van der Waals surface area contributed by atoms with E-state index in [4.69, 9.17) is 4.74 Å². The van der Waals surface area contributed by atoms with Gasteiger partial charge in [0.15, 0.2) is 5.78 Å². The Labute approximate surface area is 102 Å². The summed E-state index contributed by atoms with van der Waals surface area (Å²) in [4.78, 5) is 12.2. The summed E-state index contributed by atoms with van der Waals surface area (Å²) in [5, 5.41) is 4.10. The summed E-state index contributed by atoms with van der Waals surface area (Å²) in [7, 11) is 1.90. The van der Waals surface area contributed by atoms with Gasteiger partial charge in [-0.25, -0.2) is 0 Å². The van der Waals surface area contributed by atoms with Crippen molar-refractivity contribution in [2.24, 2.45) is 7.05 Å². The quantitative estimate of drug-likeness (QED) is 0.801. The third-order valence-electron chi connectivity index (χ3n) is 3.59. The van der Waals surface area contributed by atoms with Crippen molar-refractivity contribution in [3.8, 4) is 0 Å². The Morgan fingerprint density at radius 2 is 2.41 bits per heavy atom. The molecule has 0 spiro atoms. The van der Waals surface area contributed by atoms with Crippen molar-refractivity contribution in [3.05, 3.63) is 18.0 Å². The molecule has 0 bridgehead atoms. The molecule has 1 fully saturated rings. The summed E-state index contributed by atoms with van der Waals surface area (Å²) in [5.74, 6) is 0.221. The van der Waals surface area contributed by atoms with Gasteiger partial charge < -0.3 is 4.74 Å². The van der Waals surface area contributed by atoms with Gasteiger partial charge in [0.2, 0.25) is 0 Å². The first kappa shape index (κ1) is 12.3. The number of hydrogen-bond acceptors (Lipinski definition) is 3. The topological polar surface area (TPSA) is 44.1 Å². The molecular formula is C13H20N2O2. The molecule has 4 heteroatoms. The van der Waals surface area contributed by atoms with E-state index in [1.807, 2.05) is 24.7 Å². The molecule has 0 radical (unpaired) electrons. The normalized spacial score (nSPS) is 24.8. The molecule has 0 N–H and O–H groups in total. The summed E-state index contributed by atoms with van der Waals surface area (Å²) >= 11 is 0. The van der Waals surface area contributed by atoms with Gasteiger partial charge >= 0.3 is 0 Å². The number of ketones is 1. The van der Waals surface area contributed by atoms with E-state index >= 15 is 0 Å². The summed E-state index contributed by atoms with van der Waals surface area (Å²) in [6.45, 7) is 2.64. The van der Waals surface area contributed by atoms with Crippen LogP contribution in [0.2, 0.25) is 0 Å². The first-order valence-electron chi connectivity index (χ1n) is 6.26. The number of ether oxygens (including phenoxy) is 1. The monoisotopic (exact) mass is 236 g/mol. The van der Waals surface area contributed by atoms with Crippen molar-refractivity contribution in [2.75, 3.05) is 6.61 Å². The summed E-state index contributed by atoms with van der Waals surface area (Å²) in [6.07, 6.45) is 6.07. The van der Waals surface area contributed by atoms with Gasteiger partial charge in [-0.1, -0.05) is 0 Å². The maximum absolute atomic E-state index is 12.2. The van der Waals surface area contributed by atoms with E-state index in [0.717, 1.165) is 31.4 Å². The second-order valence-electron chi connectivity index (χ2n) is 4.91. The highest BCUT2D eigenvalue weighted by atomic mass is 16.5. The molecule has 0 aromatic carbocycles. The highest BCUT2D eigenvalue weighted by Crippen LogP contribution is 2.26. The van der Waals surface area contributed by atoms with Crippen LogP contribution in [0.1, 0.15) is 38.3 Å². The Kier molecular flexibility index (Phi) is 3.62. The third kappa shape index (κ3) is 2.75. The molecule has 1 aromatic rings. The number of hydrogen-bond donors (Lipinski definition) is 0. The zero-order valence-electron chi connectivity index (χ0n) is 10.6. The molecule has 0 saturated carbocycles. The zero-order valence-corrected chi connectivity index (χ0v) is 10.6. The Balaban J connectivity index is 1.91. The van der Waals surface area contributed by atoms with Crippen LogP contribution in [-0.4, -0.2) is 27.8 Å². The van der Waals surface area contributed by atoms with Crippen molar-refractivity contribution < 1.29 is 9.53 Å².